The molecule has 1 fully saturated rings. The molecule has 2 unspecified atom stereocenters. The second kappa shape index (κ2) is 6.01. The van der Waals surface area contributed by atoms with E-state index in [1.165, 1.54) is 19.3 Å². The molecule has 1 aliphatic carbocycles. The van der Waals surface area contributed by atoms with Gasteiger partial charge in [-0.25, -0.2) is 4.98 Å². The van der Waals surface area contributed by atoms with Crippen LogP contribution in [0, 0.1) is 5.92 Å². The van der Waals surface area contributed by atoms with Gasteiger partial charge in [0.1, 0.15) is 6.10 Å². The molecule has 1 aliphatic rings. The van der Waals surface area contributed by atoms with Gasteiger partial charge in [0.05, 0.1) is 0 Å². The molecule has 0 amide bonds. The molecule has 0 spiro atoms. The van der Waals surface area contributed by atoms with E-state index in [9.17, 15) is 0 Å². The number of rotatable bonds is 4. The predicted octanol–water partition coefficient (Wildman–Crippen LogP) is 2.76. The number of aromatic nitrogens is 1. The van der Waals surface area contributed by atoms with E-state index in [1.54, 1.807) is 0 Å². The van der Waals surface area contributed by atoms with Gasteiger partial charge in [0.15, 0.2) is 0 Å². The molecule has 94 valence electrons. The van der Waals surface area contributed by atoms with Crippen molar-refractivity contribution in [2.75, 3.05) is 7.05 Å². The summed E-state index contributed by atoms with van der Waals surface area (Å²) in [7, 11) is 1.94. The van der Waals surface area contributed by atoms with Gasteiger partial charge in [0.2, 0.25) is 5.88 Å². The van der Waals surface area contributed by atoms with Gasteiger partial charge in [-0.1, -0.05) is 19.4 Å². The molecule has 1 saturated carbocycles. The van der Waals surface area contributed by atoms with Gasteiger partial charge in [0, 0.05) is 18.3 Å². The highest BCUT2D eigenvalue weighted by atomic mass is 16.5. The fraction of sp³-hybridized carbons (Fsp3) is 0.643. The summed E-state index contributed by atoms with van der Waals surface area (Å²) < 4.78 is 6.10. The van der Waals surface area contributed by atoms with E-state index in [1.807, 2.05) is 19.3 Å². The number of hydrogen-bond acceptors (Lipinski definition) is 3. The maximum atomic E-state index is 6.10. The summed E-state index contributed by atoms with van der Waals surface area (Å²) in [5.41, 5.74) is 1.15. The van der Waals surface area contributed by atoms with E-state index in [4.69, 9.17) is 4.74 Å². The molecular weight excluding hydrogens is 212 g/mol. The first-order chi connectivity index (χ1) is 8.31. The van der Waals surface area contributed by atoms with Crippen LogP contribution >= 0.6 is 0 Å². The summed E-state index contributed by atoms with van der Waals surface area (Å²) in [6, 6.07) is 4.04. The second-order valence-corrected chi connectivity index (χ2v) is 4.92. The topological polar surface area (TPSA) is 34.2 Å². The molecule has 0 aromatic carbocycles. The Morgan fingerprint density at radius 3 is 3.00 bits per heavy atom. The van der Waals surface area contributed by atoms with Crippen LogP contribution in [0.2, 0.25) is 0 Å². The Kier molecular flexibility index (Phi) is 4.37. The summed E-state index contributed by atoms with van der Waals surface area (Å²) in [4.78, 5) is 4.36. The van der Waals surface area contributed by atoms with Crippen LogP contribution in [0.4, 0.5) is 0 Å². The summed E-state index contributed by atoms with van der Waals surface area (Å²) in [6.07, 6.45) is 7.21. The van der Waals surface area contributed by atoms with E-state index in [0.29, 0.717) is 12.0 Å². The van der Waals surface area contributed by atoms with E-state index in [-0.39, 0.29) is 0 Å². The summed E-state index contributed by atoms with van der Waals surface area (Å²) >= 11 is 0. The van der Waals surface area contributed by atoms with Crippen LogP contribution in [0.25, 0.3) is 0 Å². The highest BCUT2D eigenvalue weighted by Crippen LogP contribution is 2.28. The van der Waals surface area contributed by atoms with Gasteiger partial charge in [-0.05, 0) is 38.3 Å². The van der Waals surface area contributed by atoms with Crippen molar-refractivity contribution in [3.8, 4) is 5.88 Å². The molecule has 1 N–H and O–H groups in total. The molecule has 0 aliphatic heterocycles. The van der Waals surface area contributed by atoms with Crippen molar-refractivity contribution in [2.24, 2.45) is 5.92 Å². The average Bonchev–Trinajstić information content (AvgIpc) is 2.35. The fourth-order valence-electron chi connectivity index (χ4n) is 2.46. The molecule has 2 rings (SSSR count). The van der Waals surface area contributed by atoms with E-state index < -0.39 is 0 Å². The zero-order valence-corrected chi connectivity index (χ0v) is 10.8. The largest absolute Gasteiger partial charge is 0.474 e. The molecule has 0 bridgehead atoms. The van der Waals surface area contributed by atoms with Crippen molar-refractivity contribution >= 4 is 0 Å². The number of hydrogen-bond donors (Lipinski definition) is 1. The minimum atomic E-state index is 0.342. The quantitative estimate of drug-likeness (QED) is 0.870. The maximum absolute atomic E-state index is 6.10. The standard InChI is InChI=1S/C14H22N2O/c1-11-6-3-4-8-13(11)17-14-12(10-15-2)7-5-9-16-14/h5,7,9,11,13,15H,3-4,6,8,10H2,1-2H3. The molecule has 0 saturated heterocycles. The third-order valence-corrected chi connectivity index (χ3v) is 3.51. The van der Waals surface area contributed by atoms with Crippen LogP contribution in [0.15, 0.2) is 18.3 Å². The fourth-order valence-corrected chi connectivity index (χ4v) is 2.46. The normalized spacial score (nSPS) is 24.6. The molecule has 2 atom stereocenters. The van der Waals surface area contributed by atoms with Crippen LogP contribution in [-0.4, -0.2) is 18.1 Å². The monoisotopic (exact) mass is 234 g/mol. The molecule has 1 aromatic heterocycles. The zero-order valence-electron chi connectivity index (χ0n) is 10.8. The summed E-state index contributed by atoms with van der Waals surface area (Å²) in [5.74, 6) is 1.45. The summed E-state index contributed by atoms with van der Waals surface area (Å²) in [6.45, 7) is 3.09. The van der Waals surface area contributed by atoms with Crippen molar-refractivity contribution in [1.29, 1.82) is 0 Å². The highest BCUT2D eigenvalue weighted by Gasteiger charge is 2.23. The Morgan fingerprint density at radius 2 is 2.24 bits per heavy atom. The number of pyridine rings is 1. The van der Waals surface area contributed by atoms with Crippen molar-refractivity contribution in [2.45, 2.75) is 45.3 Å². The predicted molar refractivity (Wildman–Crippen MR) is 69.0 cm³/mol. The van der Waals surface area contributed by atoms with Crippen LogP contribution in [0.1, 0.15) is 38.2 Å². The first-order valence-electron chi connectivity index (χ1n) is 6.56. The van der Waals surface area contributed by atoms with E-state index in [0.717, 1.165) is 24.4 Å². The lowest BCUT2D eigenvalue weighted by atomic mass is 9.88. The molecule has 3 heteroatoms. The maximum Gasteiger partial charge on any atom is 0.218 e. The Balaban J connectivity index is 2.06. The SMILES string of the molecule is CNCc1cccnc1OC1CCCCC1C. The molecule has 0 radical (unpaired) electrons. The van der Waals surface area contributed by atoms with Gasteiger partial charge in [-0.15, -0.1) is 0 Å². The highest BCUT2D eigenvalue weighted by molar-refractivity contribution is 5.25. The molecule has 1 heterocycles. The van der Waals surface area contributed by atoms with Crippen molar-refractivity contribution < 1.29 is 4.74 Å². The van der Waals surface area contributed by atoms with Crippen LogP contribution < -0.4 is 10.1 Å². The van der Waals surface area contributed by atoms with Gasteiger partial charge in [-0.2, -0.15) is 0 Å². The lowest BCUT2D eigenvalue weighted by Gasteiger charge is -2.29. The van der Waals surface area contributed by atoms with Crippen LogP contribution in [0.3, 0.4) is 0 Å². The average molecular weight is 234 g/mol. The molecule has 1 aromatic rings. The molecule has 3 nitrogen and oxygen atoms in total. The van der Waals surface area contributed by atoms with E-state index >= 15 is 0 Å². The number of nitrogens with zero attached hydrogens (tertiary/aromatic N) is 1. The first-order valence-corrected chi connectivity index (χ1v) is 6.56. The van der Waals surface area contributed by atoms with Crippen LogP contribution in [0.5, 0.6) is 5.88 Å². The minimum absolute atomic E-state index is 0.342. The number of ether oxygens (including phenoxy) is 1. The minimum Gasteiger partial charge on any atom is -0.474 e. The second-order valence-electron chi connectivity index (χ2n) is 4.92. The van der Waals surface area contributed by atoms with Crippen LogP contribution in [-0.2, 0) is 6.54 Å². The Labute approximate surface area is 104 Å². The van der Waals surface area contributed by atoms with E-state index in [2.05, 4.69) is 23.3 Å². The van der Waals surface area contributed by atoms with Crippen molar-refractivity contribution in [3.05, 3.63) is 23.9 Å². The third kappa shape index (κ3) is 3.19. The van der Waals surface area contributed by atoms with Crippen molar-refractivity contribution in [3.63, 3.8) is 0 Å². The molecular formula is C14H22N2O. The third-order valence-electron chi connectivity index (χ3n) is 3.51. The lowest BCUT2D eigenvalue weighted by molar-refractivity contribution is 0.0963. The zero-order chi connectivity index (χ0) is 12.1. The number of nitrogens with one attached hydrogen (secondary N) is 1. The molecule has 17 heavy (non-hydrogen) atoms. The van der Waals surface area contributed by atoms with Crippen molar-refractivity contribution in [1.82, 2.24) is 10.3 Å². The lowest BCUT2D eigenvalue weighted by Crippen LogP contribution is -2.29. The first kappa shape index (κ1) is 12.4. The van der Waals surface area contributed by atoms with Gasteiger partial charge in [-0.3, -0.25) is 0 Å². The van der Waals surface area contributed by atoms with Gasteiger partial charge in [0.25, 0.3) is 0 Å². The van der Waals surface area contributed by atoms with Gasteiger partial charge < -0.3 is 10.1 Å². The smallest absolute Gasteiger partial charge is 0.218 e. The Bertz CT molecular complexity index is 354. The van der Waals surface area contributed by atoms with Gasteiger partial charge >= 0.3 is 0 Å². The summed E-state index contributed by atoms with van der Waals surface area (Å²) in [5, 5.41) is 3.15. The Morgan fingerprint density at radius 1 is 1.41 bits per heavy atom. The Hall–Kier alpha value is -1.09.